The van der Waals surface area contributed by atoms with Gasteiger partial charge in [0.05, 0.1) is 6.04 Å². The molecular weight excluding hydrogens is 1100 g/mol. The summed E-state index contributed by atoms with van der Waals surface area (Å²) < 4.78 is 0. The van der Waals surface area contributed by atoms with Crippen LogP contribution in [0.1, 0.15) is 84.9 Å². The molecule has 0 aliphatic rings. The Morgan fingerprint density at radius 1 is 0.476 bits per heavy atom. The number of phenolic OH excluding ortho intramolecular Hbond substituents is 2. The summed E-state index contributed by atoms with van der Waals surface area (Å²) in [4.78, 5) is 136. The lowest BCUT2D eigenvalue weighted by Gasteiger charge is -2.30. The Hall–Kier alpha value is -7.38. The second kappa shape index (κ2) is 34.2. The molecule has 0 saturated heterocycles. The lowest BCUT2D eigenvalue weighted by molar-refractivity contribution is -0.142. The minimum atomic E-state index is -1.39. The molecule has 3 aromatic carbocycles. The van der Waals surface area contributed by atoms with Gasteiger partial charge in [-0.15, -0.1) is 0 Å². The van der Waals surface area contributed by atoms with Crippen molar-refractivity contribution in [2.75, 3.05) is 17.8 Å². The molecule has 25 heteroatoms. The van der Waals surface area contributed by atoms with Crippen LogP contribution in [-0.4, -0.2) is 153 Å². The number of nitrogens with one attached hydrogen (secondary N) is 9. The highest BCUT2D eigenvalue weighted by atomic mass is 32.2. The van der Waals surface area contributed by atoms with Gasteiger partial charge in [-0.2, -0.15) is 24.4 Å². The van der Waals surface area contributed by atoms with Gasteiger partial charge < -0.3 is 68.9 Å². The maximum atomic E-state index is 14.3. The summed E-state index contributed by atoms with van der Waals surface area (Å²) in [7, 11) is 0. The number of thioether (sulfide) groups is 1. The molecule has 0 bridgehead atoms. The number of hydrogen-bond acceptors (Lipinski definition) is 15. The normalized spacial score (nSPS) is 15.2. The minimum absolute atomic E-state index is 0.0218. The Balaban J connectivity index is 1.74. The first-order valence-corrected chi connectivity index (χ1v) is 29.1. The zero-order valence-electron chi connectivity index (χ0n) is 47.8. The number of nitrogens with two attached hydrogens (primary N) is 1. The van der Waals surface area contributed by atoms with E-state index in [1.165, 1.54) is 74.1 Å². The fourth-order valence-corrected chi connectivity index (χ4v) is 8.94. The SMILES string of the molecule is CC[C@H](C)[C@H](NC(=O)[C@@H](N)Cc1ccccc1)C(=O)N[C@@H](CS)C(=O)N[C@@H](Cc1ccc(O)cc1)C(=O)N[C@H](C(=O)N[C@H](C(=O)N[C@@H](C)C(=O)N[C@@H](CCSC)C(=O)N[C@@H](C)C(=O)N[C@@H](Cc1ccc(O)cc1)C(=O)O)C(C)C)C(C)C. The van der Waals surface area contributed by atoms with Crippen molar-refractivity contribution < 1.29 is 63.3 Å². The largest absolute Gasteiger partial charge is 0.508 e. The van der Waals surface area contributed by atoms with E-state index in [1.807, 2.05) is 37.3 Å². The molecule has 450 valence electrons. The highest BCUT2D eigenvalue weighted by molar-refractivity contribution is 7.98. The van der Waals surface area contributed by atoms with Crippen LogP contribution in [-0.2, 0) is 67.2 Å². The summed E-state index contributed by atoms with van der Waals surface area (Å²) in [5.74, 6) is -9.63. The average molecular weight is 1180 g/mol. The molecule has 9 amide bonds. The maximum absolute atomic E-state index is 14.3. The fraction of sp³-hybridized carbons (Fsp3) is 0.509. The molecule has 0 unspecified atom stereocenters. The molecule has 82 heavy (non-hydrogen) atoms. The number of phenols is 2. The predicted octanol–water partition coefficient (Wildman–Crippen LogP) is 0.982. The van der Waals surface area contributed by atoms with Gasteiger partial charge in [-0.3, -0.25) is 43.2 Å². The Bertz CT molecular complexity index is 2630. The Labute approximate surface area is 488 Å². The van der Waals surface area contributed by atoms with E-state index in [4.69, 9.17) is 5.73 Å². The molecule has 0 heterocycles. The molecule has 0 spiro atoms. The number of aliphatic carboxylic acids is 1. The first kappa shape index (κ1) is 68.9. The van der Waals surface area contributed by atoms with Gasteiger partial charge in [-0.05, 0) is 97.4 Å². The molecule has 0 aliphatic heterocycles. The molecular formula is C57H82N10O13S2. The Kier molecular flexibility index (Phi) is 28.7. The molecule has 3 rings (SSSR count). The van der Waals surface area contributed by atoms with Crippen LogP contribution < -0.4 is 53.6 Å². The van der Waals surface area contributed by atoms with Crippen LogP contribution in [0.4, 0.5) is 0 Å². The number of carbonyl (C=O) groups is 10. The topological polar surface area (TPSA) is 366 Å². The molecule has 0 aromatic heterocycles. The first-order valence-electron chi connectivity index (χ1n) is 27.1. The van der Waals surface area contributed by atoms with E-state index < -0.39 is 137 Å². The molecule has 0 saturated carbocycles. The fourth-order valence-electron chi connectivity index (χ4n) is 8.21. The number of aromatic hydroxyl groups is 2. The van der Waals surface area contributed by atoms with E-state index in [1.54, 1.807) is 40.9 Å². The van der Waals surface area contributed by atoms with Crippen LogP contribution in [0.15, 0.2) is 78.9 Å². The number of rotatable bonds is 33. The summed E-state index contributed by atoms with van der Waals surface area (Å²) in [6, 6.07) is 8.30. The van der Waals surface area contributed by atoms with Crippen LogP contribution in [0.2, 0.25) is 0 Å². The summed E-state index contributed by atoms with van der Waals surface area (Å²) in [6.45, 7) is 12.9. The summed E-state index contributed by atoms with van der Waals surface area (Å²) in [5, 5.41) is 52.9. The zero-order valence-corrected chi connectivity index (χ0v) is 49.5. The maximum Gasteiger partial charge on any atom is 0.326 e. The quantitative estimate of drug-likeness (QED) is 0.0378. The van der Waals surface area contributed by atoms with Crippen molar-refractivity contribution in [3.63, 3.8) is 0 Å². The van der Waals surface area contributed by atoms with Crippen LogP contribution in [0.3, 0.4) is 0 Å². The molecule has 0 fully saturated rings. The van der Waals surface area contributed by atoms with Crippen molar-refractivity contribution in [3.05, 3.63) is 95.6 Å². The lowest BCUT2D eigenvalue weighted by atomic mass is 9.97. The van der Waals surface area contributed by atoms with Gasteiger partial charge >= 0.3 is 5.97 Å². The Morgan fingerprint density at radius 2 is 0.866 bits per heavy atom. The van der Waals surface area contributed by atoms with Gasteiger partial charge in [0.2, 0.25) is 53.2 Å². The molecule has 0 radical (unpaired) electrons. The summed E-state index contributed by atoms with van der Waals surface area (Å²) in [6.07, 6.45) is 2.32. The van der Waals surface area contributed by atoms with Crippen LogP contribution in [0, 0.1) is 17.8 Å². The molecule has 3 aromatic rings. The monoisotopic (exact) mass is 1180 g/mol. The van der Waals surface area contributed by atoms with Gasteiger partial charge in [0.15, 0.2) is 0 Å². The summed E-state index contributed by atoms with van der Waals surface area (Å²) in [5.41, 5.74) is 8.08. The first-order chi connectivity index (χ1) is 38.7. The highest BCUT2D eigenvalue weighted by Gasteiger charge is 2.37. The third kappa shape index (κ3) is 22.5. The number of thiol groups is 1. The van der Waals surface area contributed by atoms with Crippen LogP contribution in [0.25, 0.3) is 0 Å². The number of carboxylic acid groups (broad SMARTS) is 1. The highest BCUT2D eigenvalue weighted by Crippen LogP contribution is 2.16. The average Bonchev–Trinajstić information content (AvgIpc) is 3.47. The van der Waals surface area contributed by atoms with Crippen LogP contribution in [0.5, 0.6) is 11.5 Å². The van der Waals surface area contributed by atoms with Crippen molar-refractivity contribution in [2.24, 2.45) is 23.5 Å². The number of hydrogen-bond donors (Lipinski definition) is 14. The second-order valence-electron chi connectivity index (χ2n) is 20.9. The number of carbonyl (C=O) groups excluding carboxylic acids is 9. The van der Waals surface area contributed by atoms with Gasteiger partial charge in [-0.25, -0.2) is 4.79 Å². The molecule has 14 N–H and O–H groups in total. The lowest BCUT2D eigenvalue weighted by Crippen LogP contribution is -2.62. The van der Waals surface area contributed by atoms with E-state index in [-0.39, 0.29) is 42.9 Å². The third-order valence-corrected chi connectivity index (χ3v) is 14.5. The van der Waals surface area contributed by atoms with Gasteiger partial charge in [-0.1, -0.05) is 103 Å². The number of carboxylic acids is 1. The van der Waals surface area contributed by atoms with Crippen molar-refractivity contribution in [2.45, 2.75) is 148 Å². The standard InChI is InChI=1S/C57H82N10O13S2/c1-10-32(6)47(67-50(72)40(58)26-35-14-12-11-13-15-35)56(78)64-44(29-81)53(75)62-42(27-36-16-20-38(68)21-17-36)52(74)65-46(31(4)5)55(77)66-45(30(2)3)54(76)60-34(8)48(70)61-41(24-25-82-9)51(73)59-33(7)49(71)63-43(57(79)80)28-37-18-22-39(69)23-19-37/h11-23,30-34,40-47,68-69,81H,10,24-29,58H2,1-9H3,(H,59,73)(H,60,76)(H,61,70)(H,62,75)(H,63,71)(H,64,78)(H,65,74)(H,66,77)(H,67,72)(H,79,80)/t32-,33-,34-,40-,41-,42-,43-,44-,45-,46-,47-/m0/s1. The van der Waals surface area contributed by atoms with Crippen LogP contribution >= 0.6 is 24.4 Å². The van der Waals surface area contributed by atoms with E-state index >= 15 is 0 Å². The minimum Gasteiger partial charge on any atom is -0.508 e. The number of benzene rings is 3. The molecule has 0 aliphatic carbocycles. The van der Waals surface area contributed by atoms with E-state index in [0.29, 0.717) is 23.3 Å². The van der Waals surface area contributed by atoms with E-state index in [9.17, 15) is 63.3 Å². The summed E-state index contributed by atoms with van der Waals surface area (Å²) >= 11 is 5.71. The van der Waals surface area contributed by atoms with Crippen molar-refractivity contribution in [3.8, 4) is 11.5 Å². The predicted molar refractivity (Wildman–Crippen MR) is 314 cm³/mol. The van der Waals surface area contributed by atoms with Gasteiger partial charge in [0.1, 0.15) is 65.9 Å². The Morgan fingerprint density at radius 3 is 1.34 bits per heavy atom. The second-order valence-corrected chi connectivity index (χ2v) is 22.2. The van der Waals surface area contributed by atoms with Crippen molar-refractivity contribution in [1.82, 2.24) is 47.9 Å². The van der Waals surface area contributed by atoms with Gasteiger partial charge in [0.25, 0.3) is 0 Å². The van der Waals surface area contributed by atoms with Crippen molar-refractivity contribution in [1.29, 1.82) is 0 Å². The van der Waals surface area contributed by atoms with Crippen molar-refractivity contribution >= 4 is 83.5 Å². The number of amides is 9. The molecule has 23 nitrogen and oxygen atoms in total. The third-order valence-electron chi connectivity index (χ3n) is 13.5. The smallest absolute Gasteiger partial charge is 0.326 e. The molecule has 11 atom stereocenters. The zero-order chi connectivity index (χ0) is 61.4. The van der Waals surface area contributed by atoms with Gasteiger partial charge in [0, 0.05) is 18.6 Å². The van der Waals surface area contributed by atoms with E-state index in [2.05, 4.69) is 60.5 Å². The van der Waals surface area contributed by atoms with E-state index in [0.717, 1.165) is 5.56 Å².